The maximum atomic E-state index is 12.9. The summed E-state index contributed by atoms with van der Waals surface area (Å²) < 4.78 is 67.1. The third-order valence-electron chi connectivity index (χ3n) is 4.97. The second kappa shape index (κ2) is 8.27. The number of hydrogen-bond donors (Lipinski definition) is 0. The Morgan fingerprint density at radius 1 is 0.935 bits per heavy atom. The minimum Gasteiger partial charge on any atom is -0.337 e. The highest BCUT2D eigenvalue weighted by Crippen LogP contribution is 2.30. The molecule has 0 aliphatic carbocycles. The zero-order valence-electron chi connectivity index (χ0n) is 16.3. The van der Waals surface area contributed by atoms with Gasteiger partial charge in [0.1, 0.15) is 0 Å². The summed E-state index contributed by atoms with van der Waals surface area (Å²) in [5, 5.41) is 11.8. The molecule has 0 bridgehead atoms. The second-order valence-corrected chi connectivity index (χ2v) is 9.04. The van der Waals surface area contributed by atoms with Crippen molar-refractivity contribution in [3.63, 3.8) is 0 Å². The molecule has 8 nitrogen and oxygen atoms in total. The van der Waals surface area contributed by atoms with Crippen LogP contribution in [0.1, 0.15) is 11.1 Å². The van der Waals surface area contributed by atoms with E-state index in [9.17, 15) is 21.6 Å². The lowest BCUT2D eigenvalue weighted by Crippen LogP contribution is -2.49. The number of benzene rings is 2. The molecule has 1 fully saturated rings. The summed E-state index contributed by atoms with van der Waals surface area (Å²) in [6.45, 7) is 1.08. The van der Waals surface area contributed by atoms with Gasteiger partial charge in [0.2, 0.25) is 16.0 Å². The van der Waals surface area contributed by atoms with Gasteiger partial charge in [-0.1, -0.05) is 41.5 Å². The van der Waals surface area contributed by atoms with Gasteiger partial charge in [0.15, 0.2) is 0 Å². The number of hydrogen-bond acceptors (Lipinski definition) is 6. The van der Waals surface area contributed by atoms with Crippen molar-refractivity contribution in [2.24, 2.45) is 0 Å². The molecule has 0 spiro atoms. The van der Waals surface area contributed by atoms with Crippen molar-refractivity contribution in [3.8, 4) is 5.69 Å². The van der Waals surface area contributed by atoms with Crippen LogP contribution in [0.2, 0.25) is 0 Å². The molecule has 3 aromatic rings. The first-order valence-corrected chi connectivity index (χ1v) is 11.1. The van der Waals surface area contributed by atoms with E-state index in [0.717, 1.165) is 17.8 Å². The molecule has 0 saturated carbocycles. The maximum absolute atomic E-state index is 12.9. The Morgan fingerprint density at radius 3 is 2.32 bits per heavy atom. The summed E-state index contributed by atoms with van der Waals surface area (Å²) >= 11 is 0. The van der Waals surface area contributed by atoms with Gasteiger partial charge >= 0.3 is 6.18 Å². The van der Waals surface area contributed by atoms with Gasteiger partial charge in [0, 0.05) is 26.2 Å². The minimum atomic E-state index is -4.52. The molecule has 4 rings (SSSR count). The van der Waals surface area contributed by atoms with Crippen LogP contribution in [0.5, 0.6) is 0 Å². The van der Waals surface area contributed by atoms with Crippen LogP contribution < -0.4 is 4.90 Å². The number of aromatic nitrogens is 4. The zero-order chi connectivity index (χ0) is 22.1. The van der Waals surface area contributed by atoms with E-state index >= 15 is 0 Å². The molecular formula is C19H19F3N6O2S. The molecule has 1 aromatic heterocycles. The summed E-state index contributed by atoms with van der Waals surface area (Å²) in [5.41, 5.74) is 0.0186. The van der Waals surface area contributed by atoms with Gasteiger partial charge in [0.25, 0.3) is 0 Å². The van der Waals surface area contributed by atoms with Gasteiger partial charge in [-0.3, -0.25) is 0 Å². The number of rotatable bonds is 5. The number of sulfonamides is 1. The number of halogens is 3. The van der Waals surface area contributed by atoms with Crippen LogP contribution in [0.4, 0.5) is 19.1 Å². The van der Waals surface area contributed by atoms with Crippen molar-refractivity contribution < 1.29 is 21.6 Å². The lowest BCUT2D eigenvalue weighted by molar-refractivity contribution is -0.137. The Morgan fingerprint density at radius 2 is 1.65 bits per heavy atom. The Hall–Kier alpha value is -2.99. The predicted octanol–water partition coefficient (Wildman–Crippen LogP) is 2.33. The summed E-state index contributed by atoms with van der Waals surface area (Å²) in [5.74, 6) is 0.0136. The fourth-order valence-electron chi connectivity index (χ4n) is 3.42. The normalized spacial score (nSPS) is 15.9. The Kier molecular flexibility index (Phi) is 5.67. The molecule has 0 atom stereocenters. The number of alkyl halides is 3. The smallest absolute Gasteiger partial charge is 0.337 e. The molecule has 31 heavy (non-hydrogen) atoms. The summed E-state index contributed by atoms with van der Waals surface area (Å²) in [6, 6.07) is 13.7. The molecule has 0 radical (unpaired) electrons. The van der Waals surface area contributed by atoms with E-state index in [2.05, 4.69) is 15.5 Å². The van der Waals surface area contributed by atoms with Gasteiger partial charge in [-0.15, -0.1) is 0 Å². The Bertz CT molecular complexity index is 1140. The zero-order valence-corrected chi connectivity index (χ0v) is 17.1. The van der Waals surface area contributed by atoms with Gasteiger partial charge in [-0.05, 0) is 34.2 Å². The fourth-order valence-corrected chi connectivity index (χ4v) is 4.92. The Balaban J connectivity index is 1.44. The average molecular weight is 452 g/mol. The highest BCUT2D eigenvalue weighted by atomic mass is 32.2. The topological polar surface area (TPSA) is 84.2 Å². The molecule has 164 valence electrons. The van der Waals surface area contributed by atoms with Crippen molar-refractivity contribution in [2.45, 2.75) is 11.9 Å². The van der Waals surface area contributed by atoms with Crippen LogP contribution in [0, 0.1) is 0 Å². The van der Waals surface area contributed by atoms with Crippen LogP contribution in [0.25, 0.3) is 5.69 Å². The van der Waals surface area contributed by atoms with Crippen molar-refractivity contribution in [1.29, 1.82) is 0 Å². The number of anilines is 1. The number of piperazine rings is 1. The van der Waals surface area contributed by atoms with E-state index in [-0.39, 0.29) is 18.7 Å². The van der Waals surface area contributed by atoms with Crippen molar-refractivity contribution in [1.82, 2.24) is 24.5 Å². The van der Waals surface area contributed by atoms with E-state index in [4.69, 9.17) is 0 Å². The first-order chi connectivity index (χ1) is 14.7. The van der Waals surface area contributed by atoms with E-state index in [0.29, 0.717) is 19.0 Å². The van der Waals surface area contributed by atoms with E-state index < -0.39 is 27.5 Å². The maximum Gasteiger partial charge on any atom is 0.416 e. The molecule has 1 aliphatic heterocycles. The van der Waals surface area contributed by atoms with Gasteiger partial charge in [0.05, 0.1) is 17.0 Å². The molecule has 2 heterocycles. The number of nitrogens with zero attached hydrogens (tertiary/aromatic N) is 6. The number of para-hydroxylation sites is 1. The molecule has 0 amide bonds. The summed E-state index contributed by atoms with van der Waals surface area (Å²) in [4.78, 5) is 1.88. The highest BCUT2D eigenvalue weighted by Gasteiger charge is 2.32. The molecule has 0 N–H and O–H groups in total. The summed E-state index contributed by atoms with van der Waals surface area (Å²) in [6.07, 6.45) is -4.52. The van der Waals surface area contributed by atoms with Gasteiger partial charge in [-0.25, -0.2) is 8.42 Å². The standard InChI is InChI=1S/C19H19F3N6O2S/c20-19(21,22)16-6-4-5-15(13-16)14-31(29,30)27-11-9-26(10-12-27)18-23-24-25-28(18)17-7-2-1-3-8-17/h1-8,13H,9-12,14H2. The molecular weight excluding hydrogens is 433 g/mol. The van der Waals surface area contributed by atoms with Crippen LogP contribution in [0.15, 0.2) is 54.6 Å². The van der Waals surface area contributed by atoms with E-state index in [1.165, 1.54) is 16.4 Å². The molecule has 2 aromatic carbocycles. The van der Waals surface area contributed by atoms with Crippen LogP contribution in [-0.2, 0) is 22.0 Å². The predicted molar refractivity (Wildman–Crippen MR) is 107 cm³/mol. The monoisotopic (exact) mass is 452 g/mol. The molecule has 12 heteroatoms. The SMILES string of the molecule is O=S(=O)(Cc1cccc(C(F)(F)F)c1)N1CCN(c2nnnn2-c2ccccc2)CC1. The van der Waals surface area contributed by atoms with Crippen LogP contribution >= 0.6 is 0 Å². The Labute approximate surface area is 176 Å². The lowest BCUT2D eigenvalue weighted by atomic mass is 10.1. The van der Waals surface area contributed by atoms with Crippen LogP contribution in [-0.4, -0.2) is 59.1 Å². The minimum absolute atomic E-state index is 0.102. The van der Waals surface area contributed by atoms with E-state index in [1.807, 2.05) is 35.2 Å². The highest BCUT2D eigenvalue weighted by molar-refractivity contribution is 7.88. The number of tetrazole rings is 1. The average Bonchev–Trinajstić information content (AvgIpc) is 3.24. The van der Waals surface area contributed by atoms with E-state index in [1.54, 1.807) is 4.68 Å². The third-order valence-corrected chi connectivity index (χ3v) is 6.82. The quantitative estimate of drug-likeness (QED) is 0.591. The van der Waals surface area contributed by atoms with Gasteiger partial charge < -0.3 is 4.90 Å². The second-order valence-electron chi connectivity index (χ2n) is 7.07. The molecule has 1 aliphatic rings. The third kappa shape index (κ3) is 4.69. The van der Waals surface area contributed by atoms with Gasteiger partial charge in [-0.2, -0.15) is 22.2 Å². The van der Waals surface area contributed by atoms with Crippen LogP contribution in [0.3, 0.4) is 0 Å². The van der Waals surface area contributed by atoms with Crippen molar-refractivity contribution in [3.05, 3.63) is 65.7 Å². The molecule has 1 saturated heterocycles. The molecule has 0 unspecified atom stereocenters. The van der Waals surface area contributed by atoms with Crippen molar-refractivity contribution in [2.75, 3.05) is 31.1 Å². The summed E-state index contributed by atoms with van der Waals surface area (Å²) in [7, 11) is -3.77. The largest absolute Gasteiger partial charge is 0.416 e. The first-order valence-electron chi connectivity index (χ1n) is 9.47. The van der Waals surface area contributed by atoms with Crippen molar-refractivity contribution >= 4 is 16.0 Å². The first kappa shape index (κ1) is 21.2. The fraction of sp³-hybridized carbons (Fsp3) is 0.316. The lowest BCUT2D eigenvalue weighted by Gasteiger charge is -2.34.